The van der Waals surface area contributed by atoms with Crippen LogP contribution in [0.3, 0.4) is 0 Å². The van der Waals surface area contributed by atoms with Crippen molar-refractivity contribution in [3.8, 4) is 6.07 Å². The predicted molar refractivity (Wildman–Crippen MR) is 33.5 cm³/mol. The lowest BCUT2D eigenvalue weighted by Crippen LogP contribution is -2.31. The summed E-state index contributed by atoms with van der Waals surface area (Å²) in [5.41, 5.74) is 0. The molecule has 0 aliphatic carbocycles. The largest absolute Gasteiger partial charge is 0.440 e. The number of rotatable bonds is 1. The second kappa shape index (κ2) is 2.07. The van der Waals surface area contributed by atoms with Gasteiger partial charge in [-0.1, -0.05) is 0 Å². The summed E-state index contributed by atoms with van der Waals surface area (Å²) >= 11 is 0. The number of halogens is 2. The molecule has 4 heteroatoms. The highest BCUT2D eigenvalue weighted by Gasteiger charge is 2.47. The molecule has 0 amide bonds. The lowest BCUT2D eigenvalue weighted by molar-refractivity contribution is 0.540. The highest BCUT2D eigenvalue weighted by molar-refractivity contribution is 6.68. The molecular formula is C5H9F2NSi. The zero-order valence-electron chi connectivity index (χ0n) is 5.70. The first kappa shape index (κ1) is 8.57. The van der Waals surface area contributed by atoms with Crippen LogP contribution in [0, 0.1) is 11.3 Å². The number of hydrogen-bond acceptors (Lipinski definition) is 1. The van der Waals surface area contributed by atoms with E-state index in [1.54, 1.807) is 6.07 Å². The Morgan fingerprint density at radius 2 is 1.78 bits per heavy atom. The molecule has 0 aromatic heterocycles. The molecule has 0 aliphatic rings. The van der Waals surface area contributed by atoms with Crippen molar-refractivity contribution in [1.82, 2.24) is 0 Å². The summed E-state index contributed by atoms with van der Waals surface area (Å²) in [5.74, 6) is 0. The zero-order chi connectivity index (χ0) is 7.71. The Balaban J connectivity index is 4.39. The number of nitriles is 1. The van der Waals surface area contributed by atoms with Gasteiger partial charge in [-0.2, -0.15) is 5.26 Å². The van der Waals surface area contributed by atoms with Gasteiger partial charge in [0.1, 0.15) is 5.04 Å². The maximum Gasteiger partial charge on any atom is 0.440 e. The lowest BCUT2D eigenvalue weighted by atomic mass is 10.2. The molecule has 0 rings (SSSR count). The van der Waals surface area contributed by atoms with E-state index in [1.165, 1.54) is 13.8 Å². The molecule has 0 saturated heterocycles. The van der Waals surface area contributed by atoms with Crippen molar-refractivity contribution in [2.75, 3.05) is 0 Å². The SMILES string of the molecule is CC(C)(C#N)[Si](C)(F)F. The van der Waals surface area contributed by atoms with Crippen molar-refractivity contribution < 1.29 is 8.22 Å². The quantitative estimate of drug-likeness (QED) is 0.414. The van der Waals surface area contributed by atoms with Crippen molar-refractivity contribution in [2.24, 2.45) is 0 Å². The maximum atomic E-state index is 12.4. The van der Waals surface area contributed by atoms with Crippen LogP contribution in [0.2, 0.25) is 11.6 Å². The summed E-state index contributed by atoms with van der Waals surface area (Å²) in [4.78, 5) is 0. The first-order valence-corrected chi connectivity index (χ1v) is 4.86. The Bertz CT molecular complexity index is 142. The van der Waals surface area contributed by atoms with Gasteiger partial charge < -0.3 is 0 Å². The molecule has 0 aliphatic heterocycles. The molecule has 0 aromatic rings. The van der Waals surface area contributed by atoms with E-state index in [2.05, 4.69) is 0 Å². The molecule has 0 fully saturated rings. The standard InChI is InChI=1S/C5H9F2NSi/c1-5(2,4-8)9(3,6)7/h1-3H3. The van der Waals surface area contributed by atoms with Gasteiger partial charge in [-0.25, -0.2) is 0 Å². The van der Waals surface area contributed by atoms with Crippen LogP contribution in [0.1, 0.15) is 13.8 Å². The summed E-state index contributed by atoms with van der Waals surface area (Å²) in [6.07, 6.45) is 0. The van der Waals surface area contributed by atoms with Crippen molar-refractivity contribution in [1.29, 1.82) is 5.26 Å². The Hall–Kier alpha value is -0.433. The summed E-state index contributed by atoms with van der Waals surface area (Å²) in [7, 11) is -4.25. The minimum atomic E-state index is -4.25. The Kier molecular flexibility index (Phi) is 1.97. The Labute approximate surface area is 54.7 Å². The molecule has 1 nitrogen and oxygen atoms in total. The van der Waals surface area contributed by atoms with Gasteiger partial charge in [0, 0.05) is 0 Å². The average Bonchev–Trinajstić information content (AvgIpc) is 1.64. The first-order valence-electron chi connectivity index (χ1n) is 2.60. The third kappa shape index (κ3) is 1.75. The van der Waals surface area contributed by atoms with Gasteiger partial charge >= 0.3 is 8.74 Å². The fourth-order valence-electron chi connectivity index (χ4n) is 0.0982. The van der Waals surface area contributed by atoms with Gasteiger partial charge in [0.15, 0.2) is 0 Å². The van der Waals surface area contributed by atoms with Gasteiger partial charge in [-0.15, -0.1) is 0 Å². The van der Waals surface area contributed by atoms with Gasteiger partial charge in [0.25, 0.3) is 0 Å². The van der Waals surface area contributed by atoms with Crippen LogP contribution < -0.4 is 0 Å². The fraction of sp³-hybridized carbons (Fsp3) is 0.800. The summed E-state index contributed by atoms with van der Waals surface area (Å²) in [5, 5.41) is 6.82. The van der Waals surface area contributed by atoms with Gasteiger partial charge in [-0.05, 0) is 20.4 Å². The van der Waals surface area contributed by atoms with E-state index in [0.717, 1.165) is 6.55 Å². The molecule has 9 heavy (non-hydrogen) atoms. The highest BCUT2D eigenvalue weighted by Crippen LogP contribution is 2.37. The molecule has 0 aromatic carbocycles. The third-order valence-corrected chi connectivity index (χ3v) is 3.68. The van der Waals surface area contributed by atoms with Crippen molar-refractivity contribution in [3.63, 3.8) is 0 Å². The number of hydrogen-bond donors (Lipinski definition) is 0. The van der Waals surface area contributed by atoms with Gasteiger partial charge in [0.05, 0.1) is 6.07 Å². The molecular weight excluding hydrogens is 140 g/mol. The van der Waals surface area contributed by atoms with E-state index in [9.17, 15) is 8.22 Å². The van der Waals surface area contributed by atoms with Crippen LogP contribution in [0.5, 0.6) is 0 Å². The molecule has 0 N–H and O–H groups in total. The molecule has 0 bridgehead atoms. The molecule has 0 atom stereocenters. The van der Waals surface area contributed by atoms with Crippen LogP contribution in [0.25, 0.3) is 0 Å². The van der Waals surface area contributed by atoms with Crippen LogP contribution in [0.15, 0.2) is 0 Å². The minimum Gasteiger partial charge on any atom is -0.269 e. The topological polar surface area (TPSA) is 23.8 Å². The van der Waals surface area contributed by atoms with E-state index >= 15 is 0 Å². The van der Waals surface area contributed by atoms with Crippen molar-refractivity contribution in [3.05, 3.63) is 0 Å². The lowest BCUT2D eigenvalue weighted by Gasteiger charge is -2.19. The minimum absolute atomic E-state index is 0.885. The second-order valence-corrected chi connectivity index (χ2v) is 5.65. The summed E-state index contributed by atoms with van der Waals surface area (Å²) in [6.45, 7) is 3.44. The Morgan fingerprint density at radius 1 is 1.44 bits per heavy atom. The first-order chi connectivity index (χ1) is 3.81. The molecule has 0 spiro atoms. The van der Waals surface area contributed by atoms with Crippen LogP contribution in [0.4, 0.5) is 8.22 Å². The van der Waals surface area contributed by atoms with E-state index < -0.39 is 13.8 Å². The summed E-state index contributed by atoms with van der Waals surface area (Å²) < 4.78 is 24.8. The molecule has 52 valence electrons. The molecule has 0 heterocycles. The average molecular weight is 149 g/mol. The van der Waals surface area contributed by atoms with Crippen molar-refractivity contribution in [2.45, 2.75) is 25.4 Å². The molecule has 0 unspecified atom stereocenters. The van der Waals surface area contributed by atoms with Crippen LogP contribution in [-0.4, -0.2) is 8.74 Å². The van der Waals surface area contributed by atoms with E-state index in [-0.39, 0.29) is 0 Å². The normalized spacial score (nSPS) is 12.9. The van der Waals surface area contributed by atoms with E-state index in [0.29, 0.717) is 0 Å². The zero-order valence-corrected chi connectivity index (χ0v) is 6.70. The van der Waals surface area contributed by atoms with Gasteiger partial charge in [-0.3, -0.25) is 8.22 Å². The van der Waals surface area contributed by atoms with E-state index in [4.69, 9.17) is 5.26 Å². The van der Waals surface area contributed by atoms with Crippen LogP contribution in [-0.2, 0) is 0 Å². The Morgan fingerprint density at radius 3 is 1.78 bits per heavy atom. The smallest absolute Gasteiger partial charge is 0.269 e. The molecule has 0 radical (unpaired) electrons. The third-order valence-electron chi connectivity index (χ3n) is 1.38. The second-order valence-electron chi connectivity index (χ2n) is 2.63. The predicted octanol–water partition coefficient (Wildman–Crippen LogP) is 2.30. The monoisotopic (exact) mass is 149 g/mol. The highest BCUT2D eigenvalue weighted by atomic mass is 28.4. The van der Waals surface area contributed by atoms with Gasteiger partial charge in [0.2, 0.25) is 0 Å². The fourth-order valence-corrected chi connectivity index (χ4v) is 0.294. The van der Waals surface area contributed by atoms with E-state index in [1.807, 2.05) is 0 Å². The molecule has 0 saturated carbocycles. The maximum absolute atomic E-state index is 12.4. The van der Waals surface area contributed by atoms with Crippen LogP contribution >= 0.6 is 0 Å². The van der Waals surface area contributed by atoms with Crippen molar-refractivity contribution >= 4 is 8.74 Å². The summed E-state index contributed by atoms with van der Waals surface area (Å²) in [6, 6.07) is 1.59. The number of nitrogens with zero attached hydrogens (tertiary/aromatic N) is 1.